The van der Waals surface area contributed by atoms with Gasteiger partial charge in [-0.05, 0) is 57.5 Å². The number of nitrogens with one attached hydrogen (secondary N) is 1. The molecule has 0 atom stereocenters. The number of carbonyl (C=O) groups is 2. The summed E-state index contributed by atoms with van der Waals surface area (Å²) in [4.78, 5) is 37.6. The number of aromatic nitrogens is 3. The molecule has 0 aliphatic heterocycles. The lowest BCUT2D eigenvalue weighted by Gasteiger charge is -2.20. The van der Waals surface area contributed by atoms with E-state index in [0.29, 0.717) is 16.9 Å². The van der Waals surface area contributed by atoms with Crippen molar-refractivity contribution < 1.29 is 18.7 Å². The molecule has 0 fully saturated rings. The Bertz CT molecular complexity index is 1230. The molecule has 1 N–H and O–H groups in total. The fourth-order valence-corrected chi connectivity index (χ4v) is 3.80. The monoisotopic (exact) mass is 472 g/mol. The van der Waals surface area contributed by atoms with Crippen LogP contribution in [0.25, 0.3) is 16.1 Å². The number of hydrogen-bond donors (Lipinski definition) is 1. The van der Waals surface area contributed by atoms with E-state index >= 15 is 0 Å². The Labute approximate surface area is 194 Å². The van der Waals surface area contributed by atoms with Gasteiger partial charge in [0, 0.05) is 16.0 Å². The van der Waals surface area contributed by atoms with Crippen molar-refractivity contribution in [2.45, 2.75) is 39.8 Å². The molecule has 3 rings (SSSR count). The lowest BCUT2D eigenvalue weighted by molar-refractivity contribution is 0.102. The summed E-state index contributed by atoms with van der Waals surface area (Å²) in [6, 6.07) is 10.9. The molecule has 0 bridgehead atoms. The average Bonchev–Trinajstić information content (AvgIpc) is 3.38. The van der Waals surface area contributed by atoms with Crippen LogP contribution in [-0.2, 0) is 11.3 Å². The molecule has 33 heavy (non-hydrogen) atoms. The van der Waals surface area contributed by atoms with Crippen LogP contribution >= 0.6 is 11.3 Å². The van der Waals surface area contributed by atoms with Gasteiger partial charge in [0.15, 0.2) is 5.78 Å². The molecular weight excluding hydrogens is 447 g/mol. The van der Waals surface area contributed by atoms with E-state index in [1.54, 1.807) is 39.0 Å². The number of benzene rings is 1. The van der Waals surface area contributed by atoms with Gasteiger partial charge in [0.2, 0.25) is 0 Å². The lowest BCUT2D eigenvalue weighted by atomic mass is 10.1. The standard InChI is InChI=1S/C23H25FN4O4S/c1-15(29)19-9-10-20(33-19)17-5-7-18(8-6-17)27-14-25-28(22(27)31)12-16(11-24)13-32-21(30)26-23(2,3)4/h5-11,14H,12-13H2,1-4H3,(H,26,30)/b16-11-. The zero-order valence-corrected chi connectivity index (χ0v) is 19.6. The Hall–Kier alpha value is -3.53. The second-order valence-electron chi connectivity index (χ2n) is 8.43. The van der Waals surface area contributed by atoms with Crippen LogP contribution < -0.4 is 11.0 Å². The number of halogens is 1. The van der Waals surface area contributed by atoms with Gasteiger partial charge < -0.3 is 10.1 Å². The third-order valence-electron chi connectivity index (χ3n) is 4.49. The third kappa shape index (κ3) is 6.26. The Morgan fingerprint density at radius 1 is 1.18 bits per heavy atom. The minimum absolute atomic E-state index is 0.0174. The zero-order chi connectivity index (χ0) is 24.2. The summed E-state index contributed by atoms with van der Waals surface area (Å²) in [5, 5.41) is 6.65. The first-order valence-electron chi connectivity index (χ1n) is 10.2. The predicted octanol–water partition coefficient (Wildman–Crippen LogP) is 4.34. The Morgan fingerprint density at radius 2 is 1.88 bits per heavy atom. The largest absolute Gasteiger partial charge is 0.445 e. The summed E-state index contributed by atoms with van der Waals surface area (Å²) < 4.78 is 20.7. The van der Waals surface area contributed by atoms with Gasteiger partial charge in [-0.25, -0.2) is 23.2 Å². The maximum absolute atomic E-state index is 13.3. The fourth-order valence-electron chi connectivity index (χ4n) is 2.90. The van der Waals surface area contributed by atoms with Gasteiger partial charge >= 0.3 is 11.8 Å². The number of carbonyl (C=O) groups excluding carboxylic acids is 2. The van der Waals surface area contributed by atoms with Gasteiger partial charge in [-0.2, -0.15) is 5.10 Å². The van der Waals surface area contributed by atoms with Gasteiger partial charge in [0.1, 0.15) is 12.9 Å². The van der Waals surface area contributed by atoms with Crippen molar-refractivity contribution in [3.8, 4) is 16.1 Å². The van der Waals surface area contributed by atoms with Crippen LogP contribution in [0.4, 0.5) is 9.18 Å². The van der Waals surface area contributed by atoms with Crippen LogP contribution in [0.2, 0.25) is 0 Å². The van der Waals surface area contributed by atoms with Crippen LogP contribution in [0.1, 0.15) is 37.4 Å². The molecule has 174 valence electrons. The van der Waals surface area contributed by atoms with Gasteiger partial charge in [0.05, 0.1) is 23.4 Å². The maximum Gasteiger partial charge on any atom is 0.407 e. The molecule has 2 aromatic heterocycles. The zero-order valence-electron chi connectivity index (χ0n) is 18.8. The number of rotatable bonds is 7. The molecule has 0 saturated carbocycles. The van der Waals surface area contributed by atoms with Crippen LogP contribution in [0.5, 0.6) is 0 Å². The number of hydrogen-bond acceptors (Lipinski definition) is 6. The van der Waals surface area contributed by atoms with E-state index in [4.69, 9.17) is 4.74 Å². The third-order valence-corrected chi connectivity index (χ3v) is 5.72. The molecule has 1 amide bonds. The normalized spacial score (nSPS) is 12.0. The number of ether oxygens (including phenoxy) is 1. The first-order valence-corrected chi connectivity index (χ1v) is 11.0. The molecule has 0 unspecified atom stereocenters. The van der Waals surface area contributed by atoms with E-state index in [9.17, 15) is 18.8 Å². The van der Waals surface area contributed by atoms with E-state index in [1.165, 1.54) is 29.2 Å². The molecule has 0 saturated heterocycles. The summed E-state index contributed by atoms with van der Waals surface area (Å²) in [7, 11) is 0. The van der Waals surface area contributed by atoms with Gasteiger partial charge in [0.25, 0.3) is 0 Å². The summed E-state index contributed by atoms with van der Waals surface area (Å²) in [5.41, 5.74) is 0.646. The Kier molecular flexibility index (Phi) is 7.27. The van der Waals surface area contributed by atoms with E-state index in [2.05, 4.69) is 10.4 Å². The summed E-state index contributed by atoms with van der Waals surface area (Å²) >= 11 is 1.41. The molecule has 10 heteroatoms. The van der Waals surface area contributed by atoms with E-state index in [-0.39, 0.29) is 24.5 Å². The minimum atomic E-state index is -0.680. The van der Waals surface area contributed by atoms with Crippen LogP contribution in [0.15, 0.2) is 59.4 Å². The Morgan fingerprint density at radius 3 is 2.45 bits per heavy atom. The summed E-state index contributed by atoms with van der Waals surface area (Å²) in [6.07, 6.45) is 0.973. The first kappa shape index (κ1) is 24.1. The lowest BCUT2D eigenvalue weighted by Crippen LogP contribution is -2.41. The van der Waals surface area contributed by atoms with Crippen LogP contribution in [0, 0.1) is 0 Å². The quantitative estimate of drug-likeness (QED) is 0.516. The minimum Gasteiger partial charge on any atom is -0.445 e. The average molecular weight is 473 g/mol. The topological polar surface area (TPSA) is 95.2 Å². The number of thiophene rings is 1. The molecule has 2 heterocycles. The molecule has 8 nitrogen and oxygen atoms in total. The number of nitrogens with zero attached hydrogens (tertiary/aromatic N) is 3. The van der Waals surface area contributed by atoms with Gasteiger partial charge in [-0.3, -0.25) is 4.79 Å². The molecule has 0 spiro atoms. The molecule has 0 aliphatic rings. The van der Waals surface area contributed by atoms with Crippen LogP contribution in [-0.4, -0.2) is 38.4 Å². The van der Waals surface area contributed by atoms with E-state index in [0.717, 1.165) is 15.1 Å². The molecular formula is C23H25FN4O4S. The molecule has 3 aromatic rings. The number of Topliss-reactive ketones (excluding diaryl/α,β-unsaturated/α-hetero) is 1. The smallest absolute Gasteiger partial charge is 0.407 e. The molecule has 1 aromatic carbocycles. The second kappa shape index (κ2) is 9.95. The van der Waals surface area contributed by atoms with Crippen molar-refractivity contribution in [3.05, 3.63) is 70.0 Å². The van der Waals surface area contributed by atoms with Crippen molar-refractivity contribution in [3.63, 3.8) is 0 Å². The maximum atomic E-state index is 13.3. The van der Waals surface area contributed by atoms with Crippen molar-refractivity contribution >= 4 is 23.2 Å². The number of ketones is 1. The SMILES string of the molecule is CC(=O)c1ccc(-c2ccc(-n3cnn(C/C(=C/F)COC(=O)NC(C)(C)C)c3=O)cc2)s1. The predicted molar refractivity (Wildman–Crippen MR) is 125 cm³/mol. The van der Waals surface area contributed by atoms with Crippen molar-refractivity contribution in [2.24, 2.45) is 0 Å². The Balaban J connectivity index is 1.69. The number of alkyl carbamates (subject to hydrolysis) is 1. The fraction of sp³-hybridized carbons (Fsp3) is 0.304. The molecule has 0 radical (unpaired) electrons. The molecule has 0 aliphatic carbocycles. The highest BCUT2D eigenvalue weighted by atomic mass is 32.1. The highest BCUT2D eigenvalue weighted by Crippen LogP contribution is 2.28. The van der Waals surface area contributed by atoms with Crippen molar-refractivity contribution in [1.82, 2.24) is 19.7 Å². The van der Waals surface area contributed by atoms with E-state index in [1.807, 2.05) is 18.2 Å². The highest BCUT2D eigenvalue weighted by molar-refractivity contribution is 7.17. The highest BCUT2D eigenvalue weighted by Gasteiger charge is 2.16. The van der Waals surface area contributed by atoms with Gasteiger partial charge in [-0.1, -0.05) is 12.1 Å². The first-order chi connectivity index (χ1) is 15.6. The summed E-state index contributed by atoms with van der Waals surface area (Å²) in [5.74, 6) is 0.0174. The van der Waals surface area contributed by atoms with Crippen molar-refractivity contribution in [1.29, 1.82) is 0 Å². The second-order valence-corrected chi connectivity index (χ2v) is 9.51. The van der Waals surface area contributed by atoms with Gasteiger partial charge in [-0.15, -0.1) is 11.3 Å². The van der Waals surface area contributed by atoms with Crippen LogP contribution in [0.3, 0.4) is 0 Å². The van der Waals surface area contributed by atoms with Crippen molar-refractivity contribution in [2.75, 3.05) is 6.61 Å². The number of amides is 1. The van der Waals surface area contributed by atoms with E-state index < -0.39 is 17.3 Å². The summed E-state index contributed by atoms with van der Waals surface area (Å²) in [6.45, 7) is 6.44.